The van der Waals surface area contributed by atoms with Crippen molar-refractivity contribution in [1.82, 2.24) is 10.2 Å². The number of nitrogens with zero attached hydrogens (tertiary/aromatic N) is 2. The molecule has 2 aromatic rings. The van der Waals surface area contributed by atoms with E-state index in [-0.39, 0.29) is 24.0 Å². The highest BCUT2D eigenvalue weighted by Gasteiger charge is 2.38. The number of benzene rings is 2. The molecule has 0 spiro atoms. The lowest BCUT2D eigenvalue weighted by molar-refractivity contribution is 0.0925. The summed E-state index contributed by atoms with van der Waals surface area (Å²) in [4.78, 5) is 17.2. The second-order valence-electron chi connectivity index (χ2n) is 8.73. The summed E-state index contributed by atoms with van der Waals surface area (Å²) in [6, 6.07) is 21.6. The summed E-state index contributed by atoms with van der Waals surface area (Å²) in [5.41, 5.74) is 2.45. The smallest absolute Gasteiger partial charge is 0.317 e. The molecule has 1 fully saturated rings. The van der Waals surface area contributed by atoms with Crippen molar-refractivity contribution >= 4 is 24.1 Å². The second kappa shape index (κ2) is 11.3. The first-order chi connectivity index (χ1) is 14.0. The number of para-hydroxylation sites is 1. The largest absolute Gasteiger partial charge is 0.371 e. The van der Waals surface area contributed by atoms with Crippen molar-refractivity contribution in [3.8, 4) is 0 Å². The molecule has 2 amide bonds. The number of rotatable bonds is 7. The van der Waals surface area contributed by atoms with E-state index in [0.29, 0.717) is 6.04 Å². The Morgan fingerprint density at radius 2 is 1.70 bits per heavy atom. The number of hydrogen-bond donors (Lipinski definition) is 1. The standard InChI is InChI=1S/C25H35N3O.ClH/c1-25(2)20-23(27(3)22-15-8-5-9-16-22)17-19-28(25)24(29)26-18-11-10-14-21-12-6-4-7-13-21;/h4-9,12-13,15-16,23H,10-11,14,17-20H2,1-3H3,(H,26,29);1H. The Morgan fingerprint density at radius 3 is 2.33 bits per heavy atom. The van der Waals surface area contributed by atoms with Crippen LogP contribution in [0.5, 0.6) is 0 Å². The highest BCUT2D eigenvalue weighted by molar-refractivity contribution is 5.85. The molecule has 2 aromatic carbocycles. The van der Waals surface area contributed by atoms with Crippen molar-refractivity contribution in [3.63, 3.8) is 0 Å². The van der Waals surface area contributed by atoms with Crippen molar-refractivity contribution in [1.29, 1.82) is 0 Å². The van der Waals surface area contributed by atoms with Gasteiger partial charge in [-0.1, -0.05) is 48.5 Å². The van der Waals surface area contributed by atoms with E-state index >= 15 is 0 Å². The molecule has 30 heavy (non-hydrogen) atoms. The van der Waals surface area contributed by atoms with Gasteiger partial charge in [0.1, 0.15) is 0 Å². The maximum atomic E-state index is 12.8. The molecular weight excluding hydrogens is 394 g/mol. The second-order valence-corrected chi connectivity index (χ2v) is 8.73. The van der Waals surface area contributed by atoms with Crippen molar-refractivity contribution in [2.24, 2.45) is 0 Å². The van der Waals surface area contributed by atoms with Gasteiger partial charge in [0.05, 0.1) is 0 Å². The molecular formula is C25H36ClN3O. The van der Waals surface area contributed by atoms with Crippen molar-refractivity contribution in [2.75, 3.05) is 25.0 Å². The van der Waals surface area contributed by atoms with E-state index in [0.717, 1.165) is 45.2 Å². The molecule has 0 aromatic heterocycles. The number of anilines is 1. The van der Waals surface area contributed by atoms with Crippen LogP contribution in [0, 0.1) is 0 Å². The first kappa shape index (κ1) is 24.1. The van der Waals surface area contributed by atoms with Crippen LogP contribution in [-0.4, -0.2) is 42.6 Å². The molecule has 1 saturated heterocycles. The zero-order valence-electron chi connectivity index (χ0n) is 18.5. The Bertz CT molecular complexity index is 766. The number of halogens is 1. The number of aryl methyl sites for hydroxylation is 1. The molecule has 0 saturated carbocycles. The van der Waals surface area contributed by atoms with E-state index in [4.69, 9.17) is 0 Å². The third kappa shape index (κ3) is 6.40. The lowest BCUT2D eigenvalue weighted by Crippen LogP contribution is -2.59. The summed E-state index contributed by atoms with van der Waals surface area (Å²) in [6.07, 6.45) is 5.14. The molecule has 164 valence electrons. The molecule has 0 radical (unpaired) electrons. The van der Waals surface area contributed by atoms with Crippen LogP contribution < -0.4 is 10.2 Å². The molecule has 0 bridgehead atoms. The molecule has 0 aliphatic carbocycles. The Kier molecular flexibility index (Phi) is 9.04. The average Bonchev–Trinajstić information content (AvgIpc) is 2.73. The van der Waals surface area contributed by atoms with E-state index in [1.165, 1.54) is 11.3 Å². The van der Waals surface area contributed by atoms with Gasteiger partial charge >= 0.3 is 6.03 Å². The van der Waals surface area contributed by atoms with E-state index in [2.05, 4.69) is 79.6 Å². The molecule has 1 aliphatic rings. The van der Waals surface area contributed by atoms with E-state index in [9.17, 15) is 4.79 Å². The van der Waals surface area contributed by atoms with Gasteiger partial charge in [-0.3, -0.25) is 0 Å². The predicted octanol–water partition coefficient (Wildman–Crippen LogP) is 5.52. The quantitative estimate of drug-likeness (QED) is 0.588. The summed E-state index contributed by atoms with van der Waals surface area (Å²) in [5.74, 6) is 0. The highest BCUT2D eigenvalue weighted by atomic mass is 35.5. The SMILES string of the molecule is CN(c1ccccc1)C1CCN(C(=O)NCCCCc2ccccc2)C(C)(C)C1.Cl. The zero-order valence-corrected chi connectivity index (χ0v) is 19.3. The van der Waals surface area contributed by atoms with Crippen molar-refractivity contribution in [2.45, 2.75) is 57.5 Å². The van der Waals surface area contributed by atoms with Gasteiger partial charge in [-0.05, 0) is 63.6 Å². The fourth-order valence-electron chi connectivity index (χ4n) is 4.34. The maximum Gasteiger partial charge on any atom is 0.317 e. The monoisotopic (exact) mass is 429 g/mol. The fraction of sp³-hybridized carbons (Fsp3) is 0.480. The van der Waals surface area contributed by atoms with Crippen LogP contribution in [0.4, 0.5) is 10.5 Å². The average molecular weight is 430 g/mol. The maximum absolute atomic E-state index is 12.8. The van der Waals surface area contributed by atoms with Gasteiger partial charge in [0.15, 0.2) is 0 Å². The predicted molar refractivity (Wildman–Crippen MR) is 129 cm³/mol. The number of unbranched alkanes of at least 4 members (excludes halogenated alkanes) is 1. The minimum Gasteiger partial charge on any atom is -0.371 e. The number of hydrogen-bond acceptors (Lipinski definition) is 2. The van der Waals surface area contributed by atoms with Gasteiger partial charge in [-0.2, -0.15) is 0 Å². The number of urea groups is 1. The topological polar surface area (TPSA) is 35.6 Å². The van der Waals surface area contributed by atoms with Gasteiger partial charge < -0.3 is 15.1 Å². The Balaban J connectivity index is 0.00000320. The van der Waals surface area contributed by atoms with E-state index < -0.39 is 0 Å². The number of carbonyl (C=O) groups excluding carboxylic acids is 1. The Morgan fingerprint density at radius 1 is 1.07 bits per heavy atom. The van der Waals surface area contributed by atoms with Crippen LogP contribution in [0.2, 0.25) is 0 Å². The lowest BCUT2D eigenvalue weighted by atomic mass is 9.86. The number of piperidine rings is 1. The molecule has 5 heteroatoms. The minimum atomic E-state index is -0.153. The summed E-state index contributed by atoms with van der Waals surface area (Å²) >= 11 is 0. The van der Waals surface area contributed by atoms with Crippen LogP contribution >= 0.6 is 12.4 Å². The minimum absolute atomic E-state index is 0. The summed E-state index contributed by atoms with van der Waals surface area (Å²) in [7, 11) is 2.17. The number of amides is 2. The molecule has 1 atom stereocenters. The summed E-state index contributed by atoms with van der Waals surface area (Å²) < 4.78 is 0. The molecule has 4 nitrogen and oxygen atoms in total. The zero-order chi connectivity index (χ0) is 20.7. The van der Waals surface area contributed by atoms with Crippen LogP contribution in [0.3, 0.4) is 0 Å². The number of nitrogens with one attached hydrogen (secondary N) is 1. The van der Waals surface area contributed by atoms with Gasteiger partial charge in [0, 0.05) is 37.4 Å². The summed E-state index contributed by atoms with van der Waals surface area (Å²) in [6.45, 7) is 5.91. The van der Waals surface area contributed by atoms with Gasteiger partial charge in [-0.15, -0.1) is 12.4 Å². The third-order valence-corrected chi connectivity index (χ3v) is 6.12. The first-order valence-electron chi connectivity index (χ1n) is 10.8. The fourth-order valence-corrected chi connectivity index (χ4v) is 4.34. The van der Waals surface area contributed by atoms with Crippen molar-refractivity contribution < 1.29 is 4.79 Å². The normalized spacial score (nSPS) is 17.7. The molecule has 1 N–H and O–H groups in total. The van der Waals surface area contributed by atoms with Crippen LogP contribution in [0.15, 0.2) is 60.7 Å². The Labute approximate surface area is 188 Å². The van der Waals surface area contributed by atoms with Gasteiger partial charge in [-0.25, -0.2) is 4.79 Å². The lowest BCUT2D eigenvalue weighted by Gasteiger charge is -2.48. The summed E-state index contributed by atoms with van der Waals surface area (Å²) in [5, 5.41) is 3.14. The van der Waals surface area contributed by atoms with E-state index in [1.807, 2.05) is 17.0 Å². The Hall–Kier alpha value is -2.20. The van der Waals surface area contributed by atoms with E-state index in [1.54, 1.807) is 0 Å². The van der Waals surface area contributed by atoms with Gasteiger partial charge in [0.2, 0.25) is 0 Å². The number of carbonyl (C=O) groups is 1. The van der Waals surface area contributed by atoms with Crippen LogP contribution in [-0.2, 0) is 6.42 Å². The highest BCUT2D eigenvalue weighted by Crippen LogP contribution is 2.32. The van der Waals surface area contributed by atoms with Crippen molar-refractivity contribution in [3.05, 3.63) is 66.2 Å². The van der Waals surface area contributed by atoms with Gasteiger partial charge in [0.25, 0.3) is 0 Å². The van der Waals surface area contributed by atoms with Crippen LogP contribution in [0.1, 0.15) is 45.1 Å². The third-order valence-electron chi connectivity index (χ3n) is 6.12. The molecule has 1 aliphatic heterocycles. The molecule has 1 unspecified atom stereocenters. The number of likely N-dealkylation sites (tertiary alicyclic amines) is 1. The molecule has 3 rings (SSSR count). The van der Waals surface area contributed by atoms with Crippen LogP contribution in [0.25, 0.3) is 0 Å². The first-order valence-corrected chi connectivity index (χ1v) is 10.8. The molecule has 1 heterocycles.